The molecule has 4 aromatic heterocycles. The molecule has 0 fully saturated rings. The number of methoxy groups -OCH3 is 1. The van der Waals surface area contributed by atoms with Crippen molar-refractivity contribution in [1.29, 1.82) is 0 Å². The Bertz CT molecular complexity index is 5780. The number of aromatic nitrogens is 4. The van der Waals surface area contributed by atoms with Crippen LogP contribution in [0.25, 0.3) is 0 Å². The number of carbonyl (C=O) groups is 2. The van der Waals surface area contributed by atoms with Crippen molar-refractivity contribution in [2.75, 3.05) is 30.0 Å². The highest BCUT2D eigenvalue weighted by Gasteiger charge is 2.05. The Kier molecular flexibility index (Phi) is 61.6. The molecule has 0 saturated carbocycles. The number of amides is 2. The number of nitrogens with zero attached hydrogens (tertiary/aromatic N) is 4. The van der Waals surface area contributed by atoms with Gasteiger partial charge in [-0.3, -0.25) is 14.6 Å². The predicted octanol–water partition coefficient (Wildman–Crippen LogP) is 24.0. The SMILES string of the molecule is COc1ccc(C)cc1.Cc1c(F)cccc1CN.Cc1cc(F)ccc1CN.Cc1ccc(Cl)c(N)c1.Cc1ccc(Cl)c(N)n1.Cc1ccc(Cl)cn1.Cc1ccc(F)cc1CN.Cc1cccc(C(N)=O)c1.Cc1cccc(CN)c1.Cc1cccc(Cl)c1.Cc1cccc(F)c1CN.Cc1cccc(N)n1.Cc1ccccc1C(N)=O.Cc1ccccc1CN.Cc1ccnc(N)c1. The molecule has 27 heteroatoms. The normalized spacial score (nSPS) is 9.50. The molecule has 0 aliphatic carbocycles. The summed E-state index contributed by atoms with van der Waals surface area (Å²) >= 11 is 22.4. The molecule has 0 atom stereocenters. The number of aryl methyl sites for hydroxylation is 14. The predicted molar refractivity (Wildman–Crippen MR) is 567 cm³/mol. The summed E-state index contributed by atoms with van der Waals surface area (Å²) in [6, 6.07) is 87.9. The number of nitrogens with two attached hydrogens (primary N) is 12. The summed E-state index contributed by atoms with van der Waals surface area (Å²) in [7, 11) is 1.67. The number of pyridine rings is 4. The van der Waals surface area contributed by atoms with Crippen molar-refractivity contribution in [2.45, 2.75) is 143 Å². The number of benzene rings is 11. The largest absolute Gasteiger partial charge is 0.497 e. The molecule has 0 radical (unpaired) electrons. The summed E-state index contributed by atoms with van der Waals surface area (Å²) in [4.78, 5) is 36.9. The van der Waals surface area contributed by atoms with E-state index < -0.39 is 0 Å². The van der Waals surface area contributed by atoms with Gasteiger partial charge in [0.1, 0.15) is 46.5 Å². The van der Waals surface area contributed by atoms with Crippen LogP contribution < -0.4 is 73.5 Å². The molecular weight excluding hydrogens is 1810 g/mol. The lowest BCUT2D eigenvalue weighted by Crippen LogP contribution is -2.12. The highest BCUT2D eigenvalue weighted by molar-refractivity contribution is 6.33. The number of primary amides is 2. The first-order valence-electron chi connectivity index (χ1n) is 43.1. The molecule has 11 aromatic carbocycles. The molecule has 0 aliphatic rings. The number of hydrogen-bond donors (Lipinski definition) is 12. The second kappa shape index (κ2) is 69.4. The molecule has 2 amide bonds. The number of halogens is 8. The number of nitrogen functional groups attached to an aromatic ring is 4. The fourth-order valence-corrected chi connectivity index (χ4v) is 11.5. The van der Waals surface area contributed by atoms with Gasteiger partial charge in [-0.05, 0) is 321 Å². The summed E-state index contributed by atoms with van der Waals surface area (Å²) in [6.07, 6.45) is 3.33. The molecule has 19 nitrogen and oxygen atoms in total. The second-order valence-corrected chi connectivity index (χ2v) is 32.2. The minimum atomic E-state index is -0.372. The summed E-state index contributed by atoms with van der Waals surface area (Å²) in [5, 5.41) is 2.64. The van der Waals surface area contributed by atoms with Gasteiger partial charge in [0, 0.05) is 90.5 Å². The average Bonchev–Trinajstić information content (AvgIpc) is 0.873. The Labute approximate surface area is 827 Å². The monoisotopic (exact) mass is 1940 g/mol. The fourth-order valence-electron chi connectivity index (χ4n) is 10.9. The third-order valence-electron chi connectivity index (χ3n) is 18.8. The Hall–Kier alpha value is -13.4. The quantitative estimate of drug-likeness (QED) is 0.0472. The molecule has 4 heterocycles. The van der Waals surface area contributed by atoms with Crippen LogP contribution in [0, 0.1) is 127 Å². The minimum Gasteiger partial charge on any atom is -0.497 e. The van der Waals surface area contributed by atoms with Gasteiger partial charge < -0.3 is 73.5 Å². The Balaban J connectivity index is 0.000000734. The van der Waals surface area contributed by atoms with E-state index in [4.69, 9.17) is 120 Å². The lowest BCUT2D eigenvalue weighted by Gasteiger charge is -2.01. The highest BCUT2D eigenvalue weighted by Crippen LogP contribution is 2.21. The van der Waals surface area contributed by atoms with Crippen LogP contribution in [0.5, 0.6) is 5.75 Å². The molecular formula is C110H134Cl4F4N16O3. The van der Waals surface area contributed by atoms with Gasteiger partial charge in [0.25, 0.3) is 0 Å². The summed E-state index contributed by atoms with van der Waals surface area (Å²) in [6.45, 7) is 31.9. The van der Waals surface area contributed by atoms with E-state index in [1.54, 1.807) is 93.2 Å². The minimum absolute atomic E-state index is 0.178. The van der Waals surface area contributed by atoms with Crippen LogP contribution in [0.4, 0.5) is 40.7 Å². The molecule has 15 aromatic rings. The Morgan fingerprint density at radius 3 is 1.24 bits per heavy atom. The number of rotatable bonds is 9. The van der Waals surface area contributed by atoms with Crippen LogP contribution in [0.1, 0.15) is 138 Å². The molecule has 728 valence electrons. The first-order chi connectivity index (χ1) is 64.9. The summed E-state index contributed by atoms with van der Waals surface area (Å²) in [5.74, 6) is 0.959. The second-order valence-electron chi connectivity index (χ2n) is 30.5. The Morgan fingerprint density at radius 2 is 0.832 bits per heavy atom. The van der Waals surface area contributed by atoms with Gasteiger partial charge in [-0.15, -0.1) is 0 Å². The topological polar surface area (TPSA) is 407 Å². The lowest BCUT2D eigenvalue weighted by atomic mass is 10.1. The van der Waals surface area contributed by atoms with Crippen LogP contribution in [-0.4, -0.2) is 38.9 Å². The van der Waals surface area contributed by atoms with Crippen LogP contribution in [0.3, 0.4) is 0 Å². The van der Waals surface area contributed by atoms with Crippen LogP contribution in [-0.2, 0) is 39.3 Å². The van der Waals surface area contributed by atoms with Crippen molar-refractivity contribution in [1.82, 2.24) is 19.9 Å². The zero-order valence-electron chi connectivity index (χ0n) is 81.1. The fraction of sp³-hybridized carbons (Fsp3) is 0.200. The van der Waals surface area contributed by atoms with E-state index in [-0.39, 0.29) is 41.6 Å². The van der Waals surface area contributed by atoms with E-state index >= 15 is 0 Å². The number of ether oxygens (including phenoxy) is 1. The van der Waals surface area contributed by atoms with Gasteiger partial charge in [-0.2, -0.15) is 0 Å². The van der Waals surface area contributed by atoms with E-state index in [9.17, 15) is 27.2 Å². The lowest BCUT2D eigenvalue weighted by molar-refractivity contribution is 0.0991. The van der Waals surface area contributed by atoms with Gasteiger partial charge in [-0.25, -0.2) is 32.5 Å². The molecule has 0 bridgehead atoms. The zero-order chi connectivity index (χ0) is 103. The highest BCUT2D eigenvalue weighted by atomic mass is 35.5. The first-order valence-corrected chi connectivity index (χ1v) is 44.7. The van der Waals surface area contributed by atoms with Crippen LogP contribution in [0.15, 0.2) is 304 Å². The molecule has 0 saturated heterocycles. The van der Waals surface area contributed by atoms with Crippen molar-refractivity contribution in [3.05, 3.63) is 475 Å². The maximum atomic E-state index is 12.8. The van der Waals surface area contributed by atoms with Crippen molar-refractivity contribution in [3.63, 3.8) is 0 Å². The van der Waals surface area contributed by atoms with Crippen molar-refractivity contribution >= 4 is 81.4 Å². The molecule has 15 rings (SSSR count). The number of anilines is 4. The summed E-state index contributed by atoms with van der Waals surface area (Å²) in [5.41, 5.74) is 87.2. The smallest absolute Gasteiger partial charge is 0.248 e. The molecule has 0 aliphatic heterocycles. The first kappa shape index (κ1) is 122. The maximum Gasteiger partial charge on any atom is 0.248 e. The van der Waals surface area contributed by atoms with Crippen LogP contribution >= 0.6 is 46.4 Å². The molecule has 0 spiro atoms. The third-order valence-corrected chi connectivity index (χ3v) is 20.0. The van der Waals surface area contributed by atoms with Crippen LogP contribution in [0.2, 0.25) is 20.1 Å². The van der Waals surface area contributed by atoms with Gasteiger partial charge in [0.2, 0.25) is 11.8 Å². The molecule has 24 N–H and O–H groups in total. The van der Waals surface area contributed by atoms with E-state index in [0.29, 0.717) is 93.2 Å². The van der Waals surface area contributed by atoms with Crippen molar-refractivity contribution in [2.24, 2.45) is 45.9 Å². The standard InChI is InChI=1S/4C8H10FN.2C8H9NO.2C8H11N.C8H10O.C7H8ClN.C7H7Cl.C6H7ClN2.C6H6ClN.2C6H8N2/c1-6-4-8(9)3-2-7(6)5-10;1-6-2-3-8(9)4-7(6)5-10;1-6-7(5-10)3-2-4-8(6)9;1-6-3-2-4-8(9)7(6)5-10;1-6-3-2-4-7(5-6)8(9)10;1-6-4-2-3-5-7(6)8(9)10;1-7-3-2-4-8(5-7)6-9;1-7-4-2-3-5-8(7)6-9;1-7-3-5-8(9-2)6-4-7;1-5-2-3-6(8)7(9)4-5;1-6-3-2-4-7(8)5-6;1-4-2-3-5(7)6(8)9-4;1-5-2-3-6(7)4-8-5;1-5-2-3-8-6(7)4-5;1-5-3-2-4-6(7)8-5/h4*2-4H,5,10H2,1H3;2*2-5H,1H3,(H2,9,10);2*2-5H,6,9H2,1H3;3-6H,1-2H3;2-4H,9H2,1H3;2-5H,1H3;2-3H,1H3,(H2,8,9);2-4H,1H3;2*2-4H,1H3,(H2,7,8). The number of hydrogen-bond acceptors (Lipinski definition) is 17. The van der Waals surface area contributed by atoms with E-state index in [1.807, 2.05) is 240 Å². The third kappa shape index (κ3) is 54.7. The number of carbonyl (C=O) groups excluding carboxylic acids is 2. The average molecular weight is 1950 g/mol. The van der Waals surface area contributed by atoms with Gasteiger partial charge in [-0.1, -0.05) is 215 Å². The molecule has 0 unspecified atom stereocenters. The molecule has 137 heavy (non-hydrogen) atoms. The van der Waals surface area contributed by atoms with E-state index in [2.05, 4.69) is 65.0 Å². The Morgan fingerprint density at radius 1 is 0.336 bits per heavy atom. The van der Waals surface area contributed by atoms with Gasteiger partial charge >= 0.3 is 0 Å². The summed E-state index contributed by atoms with van der Waals surface area (Å²) < 4.78 is 55.4. The van der Waals surface area contributed by atoms with Crippen molar-refractivity contribution in [3.8, 4) is 5.75 Å². The van der Waals surface area contributed by atoms with Crippen molar-refractivity contribution < 1.29 is 31.9 Å². The maximum absolute atomic E-state index is 12.8. The van der Waals surface area contributed by atoms with E-state index in [0.717, 1.165) is 83.5 Å². The zero-order valence-corrected chi connectivity index (χ0v) is 84.1. The van der Waals surface area contributed by atoms with E-state index in [1.165, 1.54) is 69.8 Å². The van der Waals surface area contributed by atoms with Gasteiger partial charge in [0.05, 0.1) is 27.9 Å². The van der Waals surface area contributed by atoms with Gasteiger partial charge in [0.15, 0.2) is 0 Å².